The molecule has 0 aliphatic carbocycles. The summed E-state index contributed by atoms with van der Waals surface area (Å²) in [6.45, 7) is 5.83. The van der Waals surface area contributed by atoms with Crippen molar-refractivity contribution in [1.29, 1.82) is 0 Å². The lowest BCUT2D eigenvalue weighted by Gasteiger charge is -2.10. The number of aryl methyl sites for hydroxylation is 1. The first-order valence-electron chi connectivity index (χ1n) is 6.99. The molecule has 2 rings (SSSR count). The number of nitro groups is 1. The van der Waals surface area contributed by atoms with Crippen molar-refractivity contribution < 1.29 is 4.92 Å². The summed E-state index contributed by atoms with van der Waals surface area (Å²) in [4.78, 5) is 14.5. The van der Waals surface area contributed by atoms with Crippen LogP contribution in [0.4, 0.5) is 5.69 Å². The maximum absolute atomic E-state index is 10.7. The van der Waals surface area contributed by atoms with Crippen LogP contribution in [0, 0.1) is 24.0 Å². The Morgan fingerprint density at radius 1 is 1.27 bits per heavy atom. The fourth-order valence-electron chi connectivity index (χ4n) is 2.09. The third-order valence-corrected chi connectivity index (χ3v) is 4.64. The highest BCUT2D eigenvalue weighted by atomic mass is 32.2. The van der Waals surface area contributed by atoms with E-state index in [0.29, 0.717) is 0 Å². The van der Waals surface area contributed by atoms with E-state index in [1.54, 1.807) is 23.9 Å². The molecule has 7 heteroatoms. The average Bonchev–Trinajstić information content (AvgIpc) is 2.73. The van der Waals surface area contributed by atoms with Crippen LogP contribution in [0.15, 0.2) is 34.1 Å². The number of non-ortho nitro benzene ring substituents is 1. The standard InChI is InChI=1S/C15H20N4O2S/c1-11-15(12(2)18(16-11)10-9-17(3)4)22-14-7-5-13(6-8-14)19(20)21/h5-8H,9-10H2,1-4H3. The van der Waals surface area contributed by atoms with E-state index in [1.165, 1.54) is 12.1 Å². The van der Waals surface area contributed by atoms with Gasteiger partial charge >= 0.3 is 0 Å². The van der Waals surface area contributed by atoms with Gasteiger partial charge in [-0.25, -0.2) is 0 Å². The molecule has 6 nitrogen and oxygen atoms in total. The van der Waals surface area contributed by atoms with Crippen LogP contribution < -0.4 is 0 Å². The van der Waals surface area contributed by atoms with E-state index in [9.17, 15) is 10.1 Å². The molecule has 118 valence electrons. The second-order valence-electron chi connectivity index (χ2n) is 5.38. The van der Waals surface area contributed by atoms with Crippen molar-refractivity contribution in [3.8, 4) is 0 Å². The first-order chi connectivity index (χ1) is 10.4. The third-order valence-electron chi connectivity index (χ3n) is 3.34. The summed E-state index contributed by atoms with van der Waals surface area (Å²) in [6, 6.07) is 6.62. The summed E-state index contributed by atoms with van der Waals surface area (Å²) in [7, 11) is 4.08. The predicted octanol–water partition coefficient (Wildman–Crippen LogP) is 3.12. The van der Waals surface area contributed by atoms with Crippen LogP contribution in [0.5, 0.6) is 0 Å². The zero-order valence-corrected chi connectivity index (χ0v) is 14.1. The number of benzene rings is 1. The van der Waals surface area contributed by atoms with Crippen molar-refractivity contribution in [2.75, 3.05) is 20.6 Å². The minimum Gasteiger partial charge on any atom is -0.308 e. The van der Waals surface area contributed by atoms with Gasteiger partial charge in [-0.05, 0) is 40.1 Å². The number of hydrogen-bond donors (Lipinski definition) is 0. The van der Waals surface area contributed by atoms with Gasteiger partial charge in [-0.3, -0.25) is 14.8 Å². The highest BCUT2D eigenvalue weighted by molar-refractivity contribution is 7.99. The Hall–Kier alpha value is -1.86. The van der Waals surface area contributed by atoms with Crippen LogP contribution in [-0.2, 0) is 6.54 Å². The molecular formula is C15H20N4O2S. The minimum atomic E-state index is -0.385. The van der Waals surface area contributed by atoms with Gasteiger partial charge in [0.1, 0.15) is 0 Å². The third kappa shape index (κ3) is 3.86. The summed E-state index contributed by atoms with van der Waals surface area (Å²) >= 11 is 1.60. The molecule has 0 spiro atoms. The monoisotopic (exact) mass is 320 g/mol. The van der Waals surface area contributed by atoms with Crippen LogP contribution in [0.1, 0.15) is 11.4 Å². The number of likely N-dealkylation sites (N-methyl/N-ethyl adjacent to an activating group) is 1. The van der Waals surface area contributed by atoms with Gasteiger partial charge in [0, 0.05) is 29.3 Å². The molecule has 2 aromatic rings. The molecule has 0 aliphatic heterocycles. The predicted molar refractivity (Wildman–Crippen MR) is 87.5 cm³/mol. The van der Waals surface area contributed by atoms with E-state index >= 15 is 0 Å². The first kappa shape index (κ1) is 16.5. The molecule has 0 fully saturated rings. The summed E-state index contributed by atoms with van der Waals surface area (Å²) in [5.41, 5.74) is 2.22. The molecule has 0 saturated heterocycles. The van der Waals surface area contributed by atoms with Gasteiger partial charge < -0.3 is 4.90 Å². The Labute approximate surface area is 134 Å². The quantitative estimate of drug-likeness (QED) is 0.604. The zero-order valence-electron chi connectivity index (χ0n) is 13.2. The molecule has 0 amide bonds. The molecule has 1 heterocycles. The van der Waals surface area contributed by atoms with Crippen molar-refractivity contribution in [3.05, 3.63) is 45.8 Å². The van der Waals surface area contributed by atoms with Gasteiger partial charge in [0.05, 0.1) is 22.1 Å². The molecule has 0 radical (unpaired) electrons. The van der Waals surface area contributed by atoms with Gasteiger partial charge in [-0.15, -0.1) is 0 Å². The number of nitro benzene ring substituents is 1. The molecule has 0 atom stereocenters. The van der Waals surface area contributed by atoms with Crippen molar-refractivity contribution in [2.45, 2.75) is 30.2 Å². The molecule has 0 bridgehead atoms. The van der Waals surface area contributed by atoms with Crippen LogP contribution in [0.25, 0.3) is 0 Å². The molecule has 0 N–H and O–H groups in total. The normalized spacial score (nSPS) is 11.1. The van der Waals surface area contributed by atoms with Crippen LogP contribution in [0.3, 0.4) is 0 Å². The summed E-state index contributed by atoms with van der Waals surface area (Å²) < 4.78 is 2.02. The molecule has 1 aromatic carbocycles. The lowest BCUT2D eigenvalue weighted by molar-refractivity contribution is -0.384. The molecule has 0 aliphatic rings. The minimum absolute atomic E-state index is 0.111. The lowest BCUT2D eigenvalue weighted by atomic mass is 10.3. The smallest absolute Gasteiger partial charge is 0.269 e. The van der Waals surface area contributed by atoms with Gasteiger partial charge in [0.2, 0.25) is 0 Å². The van der Waals surface area contributed by atoms with Crippen molar-refractivity contribution in [2.24, 2.45) is 0 Å². The van der Waals surface area contributed by atoms with Crippen molar-refractivity contribution >= 4 is 17.4 Å². The summed E-state index contributed by atoms with van der Waals surface area (Å²) in [6.07, 6.45) is 0. The summed E-state index contributed by atoms with van der Waals surface area (Å²) in [5, 5.41) is 15.3. The van der Waals surface area contributed by atoms with Gasteiger partial charge in [0.25, 0.3) is 5.69 Å². The fourth-order valence-corrected chi connectivity index (χ4v) is 3.04. The first-order valence-corrected chi connectivity index (χ1v) is 7.81. The Morgan fingerprint density at radius 3 is 2.45 bits per heavy atom. The average molecular weight is 320 g/mol. The Balaban J connectivity index is 2.17. The molecule has 1 aromatic heterocycles. The Kier molecular flexibility index (Phi) is 5.20. The van der Waals surface area contributed by atoms with Gasteiger partial charge in [0.15, 0.2) is 0 Å². The van der Waals surface area contributed by atoms with E-state index < -0.39 is 0 Å². The Morgan fingerprint density at radius 2 is 1.91 bits per heavy atom. The van der Waals surface area contributed by atoms with Crippen molar-refractivity contribution in [1.82, 2.24) is 14.7 Å². The number of aromatic nitrogens is 2. The van der Waals surface area contributed by atoms with E-state index in [-0.39, 0.29) is 10.6 Å². The van der Waals surface area contributed by atoms with Gasteiger partial charge in [-0.2, -0.15) is 5.10 Å². The fraction of sp³-hybridized carbons (Fsp3) is 0.400. The maximum atomic E-state index is 10.7. The van der Waals surface area contributed by atoms with Crippen LogP contribution in [-0.4, -0.2) is 40.2 Å². The summed E-state index contributed by atoms with van der Waals surface area (Å²) in [5.74, 6) is 0. The second kappa shape index (κ2) is 6.93. The number of rotatable bonds is 6. The van der Waals surface area contributed by atoms with Crippen molar-refractivity contribution in [3.63, 3.8) is 0 Å². The van der Waals surface area contributed by atoms with Gasteiger partial charge in [-0.1, -0.05) is 11.8 Å². The highest BCUT2D eigenvalue weighted by Gasteiger charge is 2.13. The maximum Gasteiger partial charge on any atom is 0.269 e. The highest BCUT2D eigenvalue weighted by Crippen LogP contribution is 2.33. The van der Waals surface area contributed by atoms with E-state index in [1.807, 2.05) is 25.7 Å². The second-order valence-corrected chi connectivity index (χ2v) is 6.46. The van der Waals surface area contributed by atoms with E-state index in [4.69, 9.17) is 0 Å². The zero-order chi connectivity index (χ0) is 16.3. The van der Waals surface area contributed by atoms with Crippen LogP contribution >= 0.6 is 11.8 Å². The van der Waals surface area contributed by atoms with Crippen LogP contribution in [0.2, 0.25) is 0 Å². The topological polar surface area (TPSA) is 64.2 Å². The number of nitrogens with zero attached hydrogens (tertiary/aromatic N) is 4. The van der Waals surface area contributed by atoms with E-state index in [2.05, 4.69) is 16.9 Å². The number of hydrogen-bond acceptors (Lipinski definition) is 5. The molecule has 0 unspecified atom stereocenters. The SMILES string of the molecule is Cc1nn(CCN(C)C)c(C)c1Sc1ccc([N+](=O)[O-])cc1. The molecule has 22 heavy (non-hydrogen) atoms. The molecule has 0 saturated carbocycles. The Bertz CT molecular complexity index is 665. The largest absolute Gasteiger partial charge is 0.308 e. The van der Waals surface area contributed by atoms with E-state index in [0.717, 1.165) is 34.3 Å². The lowest BCUT2D eigenvalue weighted by Crippen LogP contribution is -2.19. The molecular weight excluding hydrogens is 300 g/mol.